The molecule has 136 valence electrons. The molecule has 0 spiro atoms. The van der Waals surface area contributed by atoms with Gasteiger partial charge in [0.1, 0.15) is 18.0 Å². The number of alkyl halides is 1. The summed E-state index contributed by atoms with van der Waals surface area (Å²) in [5, 5.41) is 21.7. The SMILES string of the molecule is CC(F)(c1ccc(Br)cn1)C(O)(Cn1cnnn1)c1ccc(F)cc1F. The maximum atomic E-state index is 15.9. The molecule has 1 N–H and O–H groups in total. The molecule has 26 heavy (non-hydrogen) atoms. The van der Waals surface area contributed by atoms with Crippen molar-refractivity contribution in [2.75, 3.05) is 0 Å². The second-order valence-electron chi connectivity index (χ2n) is 5.86. The van der Waals surface area contributed by atoms with Crippen LogP contribution in [0, 0.1) is 11.6 Å². The Morgan fingerprint density at radius 1 is 1.23 bits per heavy atom. The Morgan fingerprint density at radius 3 is 2.58 bits per heavy atom. The third-order valence-corrected chi connectivity index (χ3v) is 4.61. The lowest BCUT2D eigenvalue weighted by atomic mass is 9.77. The number of aromatic nitrogens is 5. The van der Waals surface area contributed by atoms with E-state index in [9.17, 15) is 13.9 Å². The van der Waals surface area contributed by atoms with Crippen molar-refractivity contribution in [1.82, 2.24) is 25.2 Å². The standard InChI is InChI=1S/C16H13BrF3N5O/c1-15(20,14-5-2-10(17)7-21-14)16(26,8-25-9-22-23-24-25)12-4-3-11(18)6-13(12)19/h2-7,9,26H,8H2,1H3. The average molecular weight is 428 g/mol. The summed E-state index contributed by atoms with van der Waals surface area (Å²) in [4.78, 5) is 3.98. The van der Waals surface area contributed by atoms with Gasteiger partial charge in [-0.1, -0.05) is 6.07 Å². The molecule has 0 fully saturated rings. The quantitative estimate of drug-likeness (QED) is 0.677. The van der Waals surface area contributed by atoms with Gasteiger partial charge in [-0.25, -0.2) is 17.9 Å². The Kier molecular flexibility index (Phi) is 4.80. The van der Waals surface area contributed by atoms with Crippen LogP contribution in [-0.4, -0.2) is 30.3 Å². The van der Waals surface area contributed by atoms with Crippen LogP contribution >= 0.6 is 15.9 Å². The van der Waals surface area contributed by atoms with Gasteiger partial charge in [0.15, 0.2) is 11.3 Å². The highest BCUT2D eigenvalue weighted by Gasteiger charge is 2.53. The van der Waals surface area contributed by atoms with Gasteiger partial charge in [0.25, 0.3) is 0 Å². The fraction of sp³-hybridized carbons (Fsp3) is 0.250. The smallest absolute Gasteiger partial charge is 0.184 e. The van der Waals surface area contributed by atoms with E-state index in [1.807, 2.05) is 0 Å². The number of hydrogen-bond donors (Lipinski definition) is 1. The summed E-state index contributed by atoms with van der Waals surface area (Å²) in [6.07, 6.45) is 2.50. The molecule has 2 aromatic heterocycles. The third kappa shape index (κ3) is 3.21. The van der Waals surface area contributed by atoms with E-state index in [1.54, 1.807) is 6.07 Å². The summed E-state index contributed by atoms with van der Waals surface area (Å²) in [6, 6.07) is 5.40. The van der Waals surface area contributed by atoms with Gasteiger partial charge in [-0.15, -0.1) is 5.10 Å². The van der Waals surface area contributed by atoms with E-state index in [-0.39, 0.29) is 5.69 Å². The molecule has 6 nitrogen and oxygen atoms in total. The number of nitrogens with zero attached hydrogens (tertiary/aromatic N) is 5. The molecule has 0 aliphatic carbocycles. The molecular weight excluding hydrogens is 415 g/mol. The topological polar surface area (TPSA) is 76.7 Å². The van der Waals surface area contributed by atoms with Crippen LogP contribution in [0.3, 0.4) is 0 Å². The first kappa shape index (κ1) is 18.5. The van der Waals surface area contributed by atoms with Gasteiger partial charge in [-0.3, -0.25) is 4.98 Å². The van der Waals surface area contributed by atoms with E-state index in [4.69, 9.17) is 0 Å². The minimum atomic E-state index is -2.56. The molecule has 2 heterocycles. The zero-order valence-corrected chi connectivity index (χ0v) is 15.0. The highest BCUT2D eigenvalue weighted by Crippen LogP contribution is 2.45. The monoisotopic (exact) mass is 427 g/mol. The maximum Gasteiger partial charge on any atom is 0.184 e. The first-order valence-electron chi connectivity index (χ1n) is 7.43. The molecule has 2 atom stereocenters. The summed E-state index contributed by atoms with van der Waals surface area (Å²) in [6.45, 7) is 0.545. The van der Waals surface area contributed by atoms with Crippen LogP contribution in [0.2, 0.25) is 0 Å². The second-order valence-corrected chi connectivity index (χ2v) is 6.77. The molecule has 3 rings (SSSR count). The fourth-order valence-corrected chi connectivity index (χ4v) is 2.90. The van der Waals surface area contributed by atoms with Crippen LogP contribution in [0.15, 0.2) is 47.3 Å². The fourth-order valence-electron chi connectivity index (χ4n) is 2.66. The highest BCUT2D eigenvalue weighted by molar-refractivity contribution is 9.10. The summed E-state index contributed by atoms with van der Waals surface area (Å²) < 4.78 is 45.3. The Balaban J connectivity index is 2.17. The Bertz CT molecular complexity index is 905. The number of halogens is 4. The van der Waals surface area contributed by atoms with Crippen molar-refractivity contribution in [1.29, 1.82) is 0 Å². The molecule has 2 unspecified atom stereocenters. The number of rotatable bonds is 5. The van der Waals surface area contributed by atoms with E-state index in [2.05, 4.69) is 36.4 Å². The van der Waals surface area contributed by atoms with Crippen molar-refractivity contribution in [2.24, 2.45) is 0 Å². The zero-order chi connectivity index (χ0) is 18.9. The van der Waals surface area contributed by atoms with Gasteiger partial charge in [0, 0.05) is 22.3 Å². The summed E-state index contributed by atoms with van der Waals surface area (Å²) in [7, 11) is 0. The van der Waals surface area contributed by atoms with E-state index >= 15 is 4.39 Å². The highest BCUT2D eigenvalue weighted by atomic mass is 79.9. The lowest BCUT2D eigenvalue weighted by Gasteiger charge is -2.39. The average Bonchev–Trinajstić information content (AvgIpc) is 3.07. The first-order valence-corrected chi connectivity index (χ1v) is 8.23. The lowest BCUT2D eigenvalue weighted by molar-refractivity contribution is -0.123. The number of pyridine rings is 1. The van der Waals surface area contributed by atoms with Crippen LogP contribution in [0.4, 0.5) is 13.2 Å². The summed E-state index contributed by atoms with van der Waals surface area (Å²) >= 11 is 3.20. The number of aliphatic hydroxyl groups is 1. The maximum absolute atomic E-state index is 15.9. The molecule has 0 saturated carbocycles. The Hall–Kier alpha value is -2.33. The minimum absolute atomic E-state index is 0.139. The van der Waals surface area contributed by atoms with Gasteiger partial charge in [-0.2, -0.15) is 0 Å². The summed E-state index contributed by atoms with van der Waals surface area (Å²) in [5.74, 6) is -1.94. The number of tetrazole rings is 1. The normalized spacial score (nSPS) is 16.1. The second kappa shape index (κ2) is 6.76. The predicted molar refractivity (Wildman–Crippen MR) is 88.5 cm³/mol. The van der Waals surface area contributed by atoms with Crippen molar-refractivity contribution in [3.63, 3.8) is 0 Å². The largest absolute Gasteiger partial charge is 0.379 e. The number of hydrogen-bond acceptors (Lipinski definition) is 5. The molecule has 0 bridgehead atoms. The van der Waals surface area contributed by atoms with Crippen molar-refractivity contribution < 1.29 is 18.3 Å². The molecule has 1 aromatic carbocycles. The molecule has 10 heteroatoms. The Labute approximate surface area is 154 Å². The lowest BCUT2D eigenvalue weighted by Crippen LogP contribution is -2.48. The van der Waals surface area contributed by atoms with Crippen LogP contribution in [0.5, 0.6) is 0 Å². The van der Waals surface area contributed by atoms with Gasteiger partial charge in [0.2, 0.25) is 0 Å². The molecule has 0 aliphatic heterocycles. The van der Waals surface area contributed by atoms with Crippen molar-refractivity contribution in [3.8, 4) is 0 Å². The third-order valence-electron chi connectivity index (χ3n) is 4.14. The van der Waals surface area contributed by atoms with Gasteiger partial charge >= 0.3 is 0 Å². The molecular formula is C16H13BrF3N5O. The van der Waals surface area contributed by atoms with E-state index in [0.717, 1.165) is 30.1 Å². The minimum Gasteiger partial charge on any atom is -0.379 e. The Morgan fingerprint density at radius 2 is 2.00 bits per heavy atom. The van der Waals surface area contributed by atoms with Crippen LogP contribution < -0.4 is 0 Å². The number of benzene rings is 1. The van der Waals surface area contributed by atoms with Gasteiger partial charge in [0.05, 0.1) is 12.2 Å². The molecule has 0 radical (unpaired) electrons. The molecule has 0 aliphatic rings. The molecule has 3 aromatic rings. The molecule has 0 amide bonds. The van der Waals surface area contributed by atoms with Crippen molar-refractivity contribution in [3.05, 3.63) is 70.2 Å². The molecule has 0 saturated heterocycles. The van der Waals surface area contributed by atoms with Gasteiger partial charge in [-0.05, 0) is 51.5 Å². The van der Waals surface area contributed by atoms with E-state index in [0.29, 0.717) is 10.5 Å². The first-order chi connectivity index (χ1) is 12.2. The zero-order valence-electron chi connectivity index (χ0n) is 13.4. The van der Waals surface area contributed by atoms with Crippen LogP contribution in [0.25, 0.3) is 0 Å². The van der Waals surface area contributed by atoms with Crippen molar-refractivity contribution in [2.45, 2.75) is 24.7 Å². The van der Waals surface area contributed by atoms with Crippen LogP contribution in [0.1, 0.15) is 18.2 Å². The van der Waals surface area contributed by atoms with Crippen LogP contribution in [-0.2, 0) is 17.8 Å². The summed E-state index contributed by atoms with van der Waals surface area (Å²) in [5.41, 5.74) is -5.61. The van der Waals surface area contributed by atoms with E-state index in [1.165, 1.54) is 12.3 Å². The van der Waals surface area contributed by atoms with Gasteiger partial charge < -0.3 is 5.11 Å². The predicted octanol–water partition coefficient (Wildman–Crippen LogP) is 2.88. The van der Waals surface area contributed by atoms with E-state index < -0.39 is 35.0 Å². The van der Waals surface area contributed by atoms with Crippen molar-refractivity contribution >= 4 is 15.9 Å².